The molecule has 0 amide bonds. The molecule has 0 N–H and O–H groups in total. The molecule has 0 aliphatic rings. The quantitative estimate of drug-likeness (QED) is 0.664. The van der Waals surface area contributed by atoms with E-state index >= 15 is 0 Å². The molecule has 4 heteroatoms. The third kappa shape index (κ3) is 2.30. The van der Waals surface area contributed by atoms with E-state index < -0.39 is 0 Å². The lowest BCUT2D eigenvalue weighted by Crippen LogP contribution is -2.09. The Balaban J connectivity index is 2.27. The Morgan fingerprint density at radius 1 is 1.09 bits per heavy atom. The summed E-state index contributed by atoms with van der Waals surface area (Å²) in [7, 11) is 0. The Hall–Kier alpha value is -2.49. The highest BCUT2D eigenvalue weighted by atomic mass is 16.1. The first-order valence-electron chi connectivity index (χ1n) is 7.69. The average Bonchev–Trinajstić information content (AvgIpc) is 2.99. The first-order valence-corrected chi connectivity index (χ1v) is 7.69. The fraction of sp³-hybridized carbons (Fsp3) is 0.278. The molecule has 2 aromatic carbocycles. The second-order valence-corrected chi connectivity index (χ2v) is 5.40. The number of hydrogen-bond donors (Lipinski definition) is 0. The van der Waals surface area contributed by atoms with Crippen LogP contribution in [0.3, 0.4) is 0 Å². The van der Waals surface area contributed by atoms with E-state index in [-0.39, 0.29) is 5.92 Å². The van der Waals surface area contributed by atoms with E-state index in [1.54, 1.807) is 0 Å². The zero-order valence-corrected chi connectivity index (χ0v) is 12.9. The number of hydrogen-bond acceptors (Lipinski definition) is 3. The molecule has 0 atom stereocenters. The Morgan fingerprint density at radius 2 is 1.82 bits per heavy atom. The van der Waals surface area contributed by atoms with E-state index in [2.05, 4.69) is 42.4 Å². The molecule has 22 heavy (non-hydrogen) atoms. The van der Waals surface area contributed by atoms with Crippen LogP contribution in [0, 0.1) is 0 Å². The summed E-state index contributed by atoms with van der Waals surface area (Å²) < 4.78 is 1.84. The van der Waals surface area contributed by atoms with Gasteiger partial charge >= 0.3 is 0 Å². The highest BCUT2D eigenvalue weighted by molar-refractivity contribution is 5.90. The van der Waals surface area contributed by atoms with Crippen LogP contribution in [0.4, 0.5) is 0 Å². The molecule has 0 spiro atoms. The van der Waals surface area contributed by atoms with Gasteiger partial charge in [0.2, 0.25) is 0 Å². The molecule has 3 aromatic rings. The first-order chi connectivity index (χ1) is 10.8. The molecule has 0 radical (unpaired) electrons. The van der Waals surface area contributed by atoms with Crippen molar-refractivity contribution in [3.63, 3.8) is 0 Å². The monoisotopic (exact) mass is 293 g/mol. The van der Waals surface area contributed by atoms with Gasteiger partial charge in [0.25, 0.3) is 0 Å². The van der Waals surface area contributed by atoms with Crippen molar-refractivity contribution in [1.82, 2.24) is 15.0 Å². The van der Waals surface area contributed by atoms with Crippen molar-refractivity contribution in [2.75, 3.05) is 0 Å². The van der Waals surface area contributed by atoms with Gasteiger partial charge in [-0.05, 0) is 24.3 Å². The Bertz CT molecular complexity index is 798. The number of benzene rings is 2. The lowest BCUT2D eigenvalue weighted by molar-refractivity contribution is 0.111. The highest BCUT2D eigenvalue weighted by Gasteiger charge is 2.21. The van der Waals surface area contributed by atoms with Gasteiger partial charge in [-0.3, -0.25) is 4.79 Å². The van der Waals surface area contributed by atoms with Gasteiger partial charge in [-0.2, -0.15) is 0 Å². The van der Waals surface area contributed by atoms with Gasteiger partial charge in [-0.1, -0.05) is 55.5 Å². The SMILES string of the molecule is CCC(CC)c1c(C=O)nnn1-c1cccc2ccccc12. The van der Waals surface area contributed by atoms with Gasteiger partial charge in [0.05, 0.1) is 11.4 Å². The van der Waals surface area contributed by atoms with E-state index in [1.165, 1.54) is 0 Å². The molecule has 0 saturated heterocycles. The summed E-state index contributed by atoms with van der Waals surface area (Å²) in [6.07, 6.45) is 2.72. The van der Waals surface area contributed by atoms with Gasteiger partial charge in [0.15, 0.2) is 6.29 Å². The smallest absolute Gasteiger partial charge is 0.172 e. The molecule has 3 rings (SSSR count). The van der Waals surface area contributed by atoms with Crippen molar-refractivity contribution < 1.29 is 4.79 Å². The Labute approximate surface area is 129 Å². The molecule has 0 aliphatic heterocycles. The number of rotatable bonds is 5. The van der Waals surface area contributed by atoms with E-state index in [4.69, 9.17) is 0 Å². The maximum atomic E-state index is 11.4. The number of aldehydes is 1. The summed E-state index contributed by atoms with van der Waals surface area (Å²) in [4.78, 5) is 11.4. The largest absolute Gasteiger partial charge is 0.296 e. The van der Waals surface area contributed by atoms with Crippen molar-refractivity contribution in [3.8, 4) is 5.69 Å². The van der Waals surface area contributed by atoms with Crippen molar-refractivity contribution in [2.24, 2.45) is 0 Å². The summed E-state index contributed by atoms with van der Waals surface area (Å²) in [5.74, 6) is 0.272. The van der Waals surface area contributed by atoms with Crippen LogP contribution >= 0.6 is 0 Å². The van der Waals surface area contributed by atoms with Gasteiger partial charge in [-0.25, -0.2) is 4.68 Å². The zero-order chi connectivity index (χ0) is 15.5. The molecule has 0 bridgehead atoms. The van der Waals surface area contributed by atoms with E-state index in [0.29, 0.717) is 5.69 Å². The number of carbonyl (C=O) groups excluding carboxylic acids is 1. The summed E-state index contributed by atoms with van der Waals surface area (Å²) in [6, 6.07) is 14.3. The normalized spacial score (nSPS) is 11.2. The summed E-state index contributed by atoms with van der Waals surface area (Å²) >= 11 is 0. The topological polar surface area (TPSA) is 47.8 Å². The fourth-order valence-corrected chi connectivity index (χ4v) is 3.01. The van der Waals surface area contributed by atoms with Gasteiger partial charge in [0.1, 0.15) is 5.69 Å². The highest BCUT2D eigenvalue weighted by Crippen LogP contribution is 2.29. The van der Waals surface area contributed by atoms with Crippen LogP contribution in [0.5, 0.6) is 0 Å². The lowest BCUT2D eigenvalue weighted by atomic mass is 9.97. The summed E-state index contributed by atoms with van der Waals surface area (Å²) in [6.45, 7) is 4.26. The Kier molecular flexibility index (Phi) is 4.00. The molecular weight excluding hydrogens is 274 g/mol. The zero-order valence-electron chi connectivity index (χ0n) is 12.9. The van der Waals surface area contributed by atoms with Crippen LogP contribution < -0.4 is 0 Å². The molecule has 0 aliphatic carbocycles. The molecule has 0 saturated carbocycles. The number of aromatic nitrogens is 3. The third-order valence-electron chi connectivity index (χ3n) is 4.21. The molecule has 1 aromatic heterocycles. The molecule has 4 nitrogen and oxygen atoms in total. The van der Waals surface area contributed by atoms with E-state index in [1.807, 2.05) is 28.9 Å². The van der Waals surface area contributed by atoms with Crippen LogP contribution in [-0.2, 0) is 0 Å². The molecule has 112 valence electrons. The molecule has 0 unspecified atom stereocenters. The van der Waals surface area contributed by atoms with Crippen LogP contribution in [-0.4, -0.2) is 21.3 Å². The summed E-state index contributed by atoms with van der Waals surface area (Å²) in [5, 5.41) is 10.6. The fourth-order valence-electron chi connectivity index (χ4n) is 3.01. The van der Waals surface area contributed by atoms with Crippen LogP contribution in [0.15, 0.2) is 42.5 Å². The lowest BCUT2D eigenvalue weighted by Gasteiger charge is -2.16. The minimum absolute atomic E-state index is 0.272. The van der Waals surface area contributed by atoms with E-state index in [0.717, 1.165) is 41.3 Å². The number of fused-ring (bicyclic) bond motifs is 1. The van der Waals surface area contributed by atoms with Gasteiger partial charge < -0.3 is 0 Å². The van der Waals surface area contributed by atoms with Crippen molar-refractivity contribution in [2.45, 2.75) is 32.6 Å². The van der Waals surface area contributed by atoms with Crippen LogP contribution in [0.25, 0.3) is 16.5 Å². The second kappa shape index (κ2) is 6.10. The number of nitrogens with zero attached hydrogens (tertiary/aromatic N) is 3. The third-order valence-corrected chi connectivity index (χ3v) is 4.21. The molecular formula is C18H19N3O. The minimum Gasteiger partial charge on any atom is -0.296 e. The van der Waals surface area contributed by atoms with Crippen molar-refractivity contribution >= 4 is 17.1 Å². The standard InChI is InChI=1S/C18H19N3O/c1-3-13(4-2)18-16(12-22)19-20-21(18)17-11-7-9-14-8-5-6-10-15(14)17/h5-13H,3-4H2,1-2H3. The minimum atomic E-state index is 0.272. The van der Waals surface area contributed by atoms with Crippen molar-refractivity contribution in [1.29, 1.82) is 0 Å². The van der Waals surface area contributed by atoms with E-state index in [9.17, 15) is 4.79 Å². The van der Waals surface area contributed by atoms with Crippen molar-refractivity contribution in [3.05, 3.63) is 53.9 Å². The average molecular weight is 293 g/mol. The number of carbonyl (C=O) groups is 1. The maximum Gasteiger partial charge on any atom is 0.172 e. The predicted molar refractivity (Wildman–Crippen MR) is 87.6 cm³/mol. The second-order valence-electron chi connectivity index (χ2n) is 5.40. The molecule has 1 heterocycles. The maximum absolute atomic E-state index is 11.4. The van der Waals surface area contributed by atoms with Gasteiger partial charge in [0, 0.05) is 11.3 Å². The first kappa shape index (κ1) is 14.4. The summed E-state index contributed by atoms with van der Waals surface area (Å²) in [5.41, 5.74) is 2.33. The van der Waals surface area contributed by atoms with Crippen LogP contribution in [0.1, 0.15) is 48.8 Å². The van der Waals surface area contributed by atoms with Crippen LogP contribution in [0.2, 0.25) is 0 Å². The molecule has 0 fully saturated rings. The Morgan fingerprint density at radius 3 is 2.55 bits per heavy atom. The van der Waals surface area contributed by atoms with Gasteiger partial charge in [-0.15, -0.1) is 5.10 Å². The predicted octanol–water partition coefficient (Wildman–Crippen LogP) is 4.14.